The molecule has 2 aromatic heterocycles. The monoisotopic (exact) mass is 328 g/mol. The lowest BCUT2D eigenvalue weighted by molar-refractivity contribution is 0.446. The fourth-order valence-electron chi connectivity index (χ4n) is 2.39. The van der Waals surface area contributed by atoms with Crippen molar-refractivity contribution < 1.29 is 9.13 Å². The summed E-state index contributed by atoms with van der Waals surface area (Å²) < 4.78 is 20.1. The molecule has 2 heterocycles. The summed E-state index contributed by atoms with van der Waals surface area (Å²) >= 11 is 5.84. The molecule has 0 saturated carbocycles. The number of aromatic amines is 1. The minimum atomic E-state index is -0.486. The van der Waals surface area contributed by atoms with Crippen LogP contribution < -0.4 is 4.74 Å². The predicted octanol–water partition coefficient (Wildman–Crippen LogP) is 4.40. The van der Waals surface area contributed by atoms with Crippen LogP contribution >= 0.6 is 11.6 Å². The van der Waals surface area contributed by atoms with E-state index in [0.717, 1.165) is 0 Å². The molecule has 1 N–H and O–H groups in total. The van der Waals surface area contributed by atoms with Crippen LogP contribution in [0.15, 0.2) is 36.5 Å². The summed E-state index contributed by atoms with van der Waals surface area (Å²) in [6.07, 6.45) is 1.47. The first-order chi connectivity index (χ1) is 11.1. The van der Waals surface area contributed by atoms with Gasteiger partial charge < -0.3 is 9.72 Å². The van der Waals surface area contributed by atoms with E-state index in [0.29, 0.717) is 33.6 Å². The molecule has 7 heteroatoms. The Bertz CT molecular complexity index is 1050. The van der Waals surface area contributed by atoms with E-state index in [2.05, 4.69) is 19.9 Å². The molecular formula is C16H10ClFN4O. The molecule has 2 aromatic carbocycles. The molecule has 0 fully saturated rings. The quantitative estimate of drug-likeness (QED) is 0.592. The molecule has 0 amide bonds. The van der Waals surface area contributed by atoms with Gasteiger partial charge in [-0.25, -0.2) is 14.4 Å². The van der Waals surface area contributed by atoms with Crippen molar-refractivity contribution in [2.75, 3.05) is 0 Å². The number of nitrogens with one attached hydrogen (secondary N) is 1. The van der Waals surface area contributed by atoms with Crippen LogP contribution in [0, 0.1) is 12.7 Å². The summed E-state index contributed by atoms with van der Waals surface area (Å²) in [5.74, 6) is 0.714. The number of H-pyrrole nitrogens is 1. The molecule has 0 aliphatic carbocycles. The van der Waals surface area contributed by atoms with Crippen molar-refractivity contribution in [3.63, 3.8) is 0 Å². The lowest BCUT2D eigenvalue weighted by Crippen LogP contribution is -1.91. The minimum Gasteiger partial charge on any atom is -0.454 e. The van der Waals surface area contributed by atoms with Crippen LogP contribution in [0.3, 0.4) is 0 Å². The third-order valence-corrected chi connectivity index (χ3v) is 3.57. The van der Waals surface area contributed by atoms with E-state index in [1.807, 2.05) is 0 Å². The highest BCUT2D eigenvalue weighted by molar-refractivity contribution is 6.29. The standard InChI is InChI=1S/C16H10ClFN4O/c1-8-20-11-4-5-13(15(18)16(11)21-8)23-9-2-3-10-12(6-9)22-14(17)7-19-10/h2-7H,1H3,(H,20,21). The molecule has 5 nitrogen and oxygen atoms in total. The molecule has 0 aliphatic heterocycles. The molecule has 0 unspecified atom stereocenters. The van der Waals surface area contributed by atoms with Gasteiger partial charge in [-0.15, -0.1) is 0 Å². The molecular weight excluding hydrogens is 319 g/mol. The van der Waals surface area contributed by atoms with E-state index < -0.39 is 5.82 Å². The van der Waals surface area contributed by atoms with Crippen LogP contribution in [0.2, 0.25) is 5.15 Å². The number of nitrogens with zero attached hydrogens (tertiary/aromatic N) is 3. The lowest BCUT2D eigenvalue weighted by Gasteiger charge is -2.07. The second-order valence-electron chi connectivity index (χ2n) is 5.04. The zero-order valence-electron chi connectivity index (χ0n) is 12.0. The van der Waals surface area contributed by atoms with Gasteiger partial charge in [-0.05, 0) is 31.2 Å². The Morgan fingerprint density at radius 3 is 2.78 bits per heavy atom. The van der Waals surface area contributed by atoms with Gasteiger partial charge in [0, 0.05) is 6.07 Å². The molecule has 0 bridgehead atoms. The Hall–Kier alpha value is -2.73. The number of aryl methyl sites for hydroxylation is 1. The number of aromatic nitrogens is 4. The van der Waals surface area contributed by atoms with Gasteiger partial charge in [0.15, 0.2) is 11.6 Å². The molecule has 0 spiro atoms. The molecule has 0 radical (unpaired) electrons. The van der Waals surface area contributed by atoms with Gasteiger partial charge >= 0.3 is 0 Å². The summed E-state index contributed by atoms with van der Waals surface area (Å²) in [5.41, 5.74) is 2.14. The molecule has 114 valence electrons. The van der Waals surface area contributed by atoms with Gasteiger partial charge in [-0.2, -0.15) is 0 Å². The number of halogens is 2. The summed E-state index contributed by atoms with van der Waals surface area (Å²) in [6, 6.07) is 8.36. The molecule has 0 aliphatic rings. The number of hydrogen-bond donors (Lipinski definition) is 1. The number of benzene rings is 2. The Labute approximate surface area is 135 Å². The van der Waals surface area contributed by atoms with Gasteiger partial charge in [0.1, 0.15) is 22.2 Å². The maximum absolute atomic E-state index is 14.5. The minimum absolute atomic E-state index is 0.107. The average Bonchev–Trinajstić information content (AvgIpc) is 2.91. The average molecular weight is 329 g/mol. The van der Waals surface area contributed by atoms with Crippen LogP contribution in [0.25, 0.3) is 22.1 Å². The second kappa shape index (κ2) is 5.17. The smallest absolute Gasteiger partial charge is 0.191 e. The summed E-state index contributed by atoms with van der Waals surface area (Å²) in [5, 5.41) is 0.287. The first-order valence-electron chi connectivity index (χ1n) is 6.85. The molecule has 23 heavy (non-hydrogen) atoms. The van der Waals surface area contributed by atoms with Crippen LogP contribution in [0.1, 0.15) is 5.82 Å². The van der Waals surface area contributed by atoms with E-state index in [9.17, 15) is 4.39 Å². The summed E-state index contributed by atoms with van der Waals surface area (Å²) in [6.45, 7) is 1.77. The molecule has 0 saturated heterocycles. The van der Waals surface area contributed by atoms with Crippen molar-refractivity contribution in [1.29, 1.82) is 0 Å². The van der Waals surface area contributed by atoms with Crippen LogP contribution in [-0.4, -0.2) is 19.9 Å². The zero-order valence-corrected chi connectivity index (χ0v) is 12.7. The van der Waals surface area contributed by atoms with Crippen LogP contribution in [0.4, 0.5) is 4.39 Å². The van der Waals surface area contributed by atoms with Gasteiger partial charge in [0.2, 0.25) is 0 Å². The fraction of sp³-hybridized carbons (Fsp3) is 0.0625. The van der Waals surface area contributed by atoms with Gasteiger partial charge in [0.05, 0.1) is 22.7 Å². The van der Waals surface area contributed by atoms with Crippen LogP contribution in [-0.2, 0) is 0 Å². The van der Waals surface area contributed by atoms with Crippen LogP contribution in [0.5, 0.6) is 11.5 Å². The van der Waals surface area contributed by atoms with E-state index in [1.165, 1.54) is 6.20 Å². The summed E-state index contributed by atoms with van der Waals surface area (Å²) in [4.78, 5) is 15.4. The zero-order chi connectivity index (χ0) is 16.0. The maximum Gasteiger partial charge on any atom is 0.191 e. The first kappa shape index (κ1) is 13.9. The summed E-state index contributed by atoms with van der Waals surface area (Å²) in [7, 11) is 0. The van der Waals surface area contributed by atoms with Crippen molar-refractivity contribution >= 4 is 33.7 Å². The van der Waals surface area contributed by atoms with Crippen molar-refractivity contribution in [3.05, 3.63) is 53.3 Å². The molecule has 0 atom stereocenters. The largest absolute Gasteiger partial charge is 0.454 e. The molecule has 4 rings (SSSR count). The van der Waals surface area contributed by atoms with Crippen molar-refractivity contribution in [2.45, 2.75) is 6.92 Å². The number of hydrogen-bond acceptors (Lipinski definition) is 4. The third-order valence-electron chi connectivity index (χ3n) is 3.39. The van der Waals surface area contributed by atoms with E-state index in [1.54, 1.807) is 37.3 Å². The second-order valence-corrected chi connectivity index (χ2v) is 5.43. The predicted molar refractivity (Wildman–Crippen MR) is 85.4 cm³/mol. The first-order valence-corrected chi connectivity index (χ1v) is 7.23. The Morgan fingerprint density at radius 2 is 1.91 bits per heavy atom. The Balaban J connectivity index is 1.76. The Kier molecular flexibility index (Phi) is 3.12. The number of ether oxygens (including phenoxy) is 1. The lowest BCUT2D eigenvalue weighted by atomic mass is 10.2. The highest BCUT2D eigenvalue weighted by Gasteiger charge is 2.13. The van der Waals surface area contributed by atoms with Crippen molar-refractivity contribution in [3.8, 4) is 11.5 Å². The number of imidazole rings is 1. The van der Waals surface area contributed by atoms with E-state index >= 15 is 0 Å². The number of fused-ring (bicyclic) bond motifs is 2. The SMILES string of the molecule is Cc1nc2ccc(Oc3ccc4ncc(Cl)nc4c3)c(F)c2[nH]1. The van der Waals surface area contributed by atoms with Crippen molar-refractivity contribution in [2.24, 2.45) is 0 Å². The normalized spacial score (nSPS) is 11.3. The van der Waals surface area contributed by atoms with E-state index in [4.69, 9.17) is 16.3 Å². The fourth-order valence-corrected chi connectivity index (χ4v) is 2.53. The van der Waals surface area contributed by atoms with E-state index in [-0.39, 0.29) is 10.9 Å². The van der Waals surface area contributed by atoms with Gasteiger partial charge in [-0.3, -0.25) is 4.98 Å². The highest BCUT2D eigenvalue weighted by atomic mass is 35.5. The topological polar surface area (TPSA) is 63.7 Å². The molecule has 4 aromatic rings. The third kappa shape index (κ3) is 2.47. The van der Waals surface area contributed by atoms with Gasteiger partial charge in [-0.1, -0.05) is 11.6 Å². The number of rotatable bonds is 2. The maximum atomic E-state index is 14.5. The highest BCUT2D eigenvalue weighted by Crippen LogP contribution is 2.30. The Morgan fingerprint density at radius 1 is 1.09 bits per heavy atom. The van der Waals surface area contributed by atoms with Gasteiger partial charge in [0.25, 0.3) is 0 Å². The van der Waals surface area contributed by atoms with Crippen molar-refractivity contribution in [1.82, 2.24) is 19.9 Å².